The van der Waals surface area contributed by atoms with E-state index in [0.717, 1.165) is 10.9 Å². The van der Waals surface area contributed by atoms with E-state index in [1.807, 2.05) is 24.3 Å². The van der Waals surface area contributed by atoms with Crippen molar-refractivity contribution in [2.75, 3.05) is 13.1 Å². The van der Waals surface area contributed by atoms with E-state index in [1.165, 1.54) is 6.92 Å². The molecule has 0 aliphatic carbocycles. The summed E-state index contributed by atoms with van der Waals surface area (Å²) in [7, 11) is 0. The van der Waals surface area contributed by atoms with Gasteiger partial charge in [0.1, 0.15) is 0 Å². The third-order valence-corrected chi connectivity index (χ3v) is 2.48. The van der Waals surface area contributed by atoms with Gasteiger partial charge in [0.25, 0.3) is 0 Å². The van der Waals surface area contributed by atoms with E-state index >= 15 is 0 Å². The zero-order chi connectivity index (χ0) is 13.7. The Labute approximate surface area is 110 Å². The van der Waals surface area contributed by atoms with Crippen molar-refractivity contribution in [2.24, 2.45) is 0 Å². The minimum atomic E-state index is -0.558. The van der Waals surface area contributed by atoms with Crippen molar-refractivity contribution in [1.29, 1.82) is 0 Å². The standard InChI is InChI=1S/C13H15N3O3/c1-9(17)14-6-7-15-13(18)19-12-8-10-4-2-3-5-11(10)16-12/h2-5,8,16H,6-7H2,1H3,(H,14,17)(H,15,18). The van der Waals surface area contributed by atoms with Gasteiger partial charge in [-0.3, -0.25) is 4.79 Å². The smallest absolute Gasteiger partial charge is 0.393 e. The molecule has 0 fully saturated rings. The second-order valence-corrected chi connectivity index (χ2v) is 4.02. The van der Waals surface area contributed by atoms with Gasteiger partial charge in [-0.05, 0) is 6.07 Å². The number of nitrogens with one attached hydrogen (secondary N) is 3. The first kappa shape index (κ1) is 12.9. The van der Waals surface area contributed by atoms with Gasteiger partial charge in [-0.15, -0.1) is 0 Å². The van der Waals surface area contributed by atoms with Crippen LogP contribution in [0.3, 0.4) is 0 Å². The molecule has 0 spiro atoms. The number of para-hydroxylation sites is 1. The van der Waals surface area contributed by atoms with Crippen molar-refractivity contribution in [3.8, 4) is 5.88 Å². The molecular weight excluding hydrogens is 246 g/mol. The summed E-state index contributed by atoms with van der Waals surface area (Å²) in [6.07, 6.45) is -0.558. The Morgan fingerprint density at radius 2 is 1.95 bits per heavy atom. The Kier molecular flexibility index (Phi) is 4.02. The monoisotopic (exact) mass is 261 g/mol. The average molecular weight is 261 g/mol. The highest BCUT2D eigenvalue weighted by atomic mass is 16.6. The highest BCUT2D eigenvalue weighted by Gasteiger charge is 2.06. The lowest BCUT2D eigenvalue weighted by Crippen LogP contribution is -2.35. The zero-order valence-electron chi connectivity index (χ0n) is 10.5. The average Bonchev–Trinajstić information content (AvgIpc) is 2.76. The maximum Gasteiger partial charge on any atom is 0.413 e. The number of benzene rings is 1. The van der Waals surface area contributed by atoms with Gasteiger partial charge >= 0.3 is 6.09 Å². The largest absolute Gasteiger partial charge is 0.413 e. The van der Waals surface area contributed by atoms with Crippen molar-refractivity contribution in [3.63, 3.8) is 0 Å². The number of aromatic amines is 1. The number of fused-ring (bicyclic) bond motifs is 1. The molecule has 0 radical (unpaired) electrons. The molecule has 1 heterocycles. The molecule has 3 N–H and O–H groups in total. The number of rotatable bonds is 4. The summed E-state index contributed by atoms with van der Waals surface area (Å²) < 4.78 is 5.09. The fourth-order valence-corrected chi connectivity index (χ4v) is 1.64. The lowest BCUT2D eigenvalue weighted by Gasteiger charge is -2.05. The van der Waals surface area contributed by atoms with Crippen molar-refractivity contribution in [3.05, 3.63) is 30.3 Å². The normalized spacial score (nSPS) is 10.2. The number of carbonyl (C=O) groups excluding carboxylic acids is 2. The first-order valence-corrected chi connectivity index (χ1v) is 5.93. The Morgan fingerprint density at radius 1 is 1.21 bits per heavy atom. The lowest BCUT2D eigenvalue weighted by molar-refractivity contribution is -0.118. The highest BCUT2D eigenvalue weighted by Crippen LogP contribution is 2.19. The first-order chi connectivity index (χ1) is 9.15. The molecule has 0 aliphatic rings. The van der Waals surface area contributed by atoms with Crippen LogP contribution in [0.25, 0.3) is 10.9 Å². The van der Waals surface area contributed by atoms with E-state index < -0.39 is 6.09 Å². The molecule has 2 rings (SSSR count). The molecule has 100 valence electrons. The number of H-pyrrole nitrogens is 1. The molecule has 0 saturated carbocycles. The van der Waals surface area contributed by atoms with Crippen LogP contribution in [0, 0.1) is 0 Å². The Balaban J connectivity index is 1.83. The molecule has 6 heteroatoms. The van der Waals surface area contributed by atoms with E-state index in [-0.39, 0.29) is 5.91 Å². The number of amides is 2. The van der Waals surface area contributed by atoms with Gasteiger partial charge < -0.3 is 20.4 Å². The minimum absolute atomic E-state index is 0.134. The topological polar surface area (TPSA) is 83.2 Å². The van der Waals surface area contributed by atoms with Gasteiger partial charge in [-0.1, -0.05) is 18.2 Å². The predicted octanol–water partition coefficient (Wildman–Crippen LogP) is 1.39. The number of ether oxygens (including phenoxy) is 1. The number of aromatic nitrogens is 1. The molecule has 0 bridgehead atoms. The predicted molar refractivity (Wildman–Crippen MR) is 71.0 cm³/mol. The molecule has 0 saturated heterocycles. The van der Waals surface area contributed by atoms with Crippen molar-refractivity contribution in [1.82, 2.24) is 15.6 Å². The van der Waals surface area contributed by atoms with E-state index in [0.29, 0.717) is 19.0 Å². The number of hydrogen-bond donors (Lipinski definition) is 3. The molecule has 1 aromatic carbocycles. The molecule has 0 aliphatic heterocycles. The third kappa shape index (κ3) is 3.74. The molecule has 1 aromatic heterocycles. The van der Waals surface area contributed by atoms with Crippen LogP contribution in [-0.2, 0) is 4.79 Å². The summed E-state index contributed by atoms with van der Waals surface area (Å²) in [6, 6.07) is 9.39. The van der Waals surface area contributed by atoms with Crippen LogP contribution in [0.4, 0.5) is 4.79 Å². The SMILES string of the molecule is CC(=O)NCCNC(=O)Oc1cc2ccccc2[nH]1. The van der Waals surface area contributed by atoms with Crippen LogP contribution < -0.4 is 15.4 Å². The second-order valence-electron chi connectivity index (χ2n) is 4.02. The molecule has 0 atom stereocenters. The van der Waals surface area contributed by atoms with E-state index in [1.54, 1.807) is 6.07 Å². The van der Waals surface area contributed by atoms with Gasteiger partial charge in [0.05, 0.1) is 0 Å². The third-order valence-electron chi connectivity index (χ3n) is 2.48. The van der Waals surface area contributed by atoms with Gasteiger partial charge in [-0.25, -0.2) is 4.79 Å². The zero-order valence-corrected chi connectivity index (χ0v) is 10.5. The quantitative estimate of drug-likeness (QED) is 0.727. The fourth-order valence-electron chi connectivity index (χ4n) is 1.64. The van der Waals surface area contributed by atoms with Gasteiger partial charge in [0, 0.05) is 37.0 Å². The number of carbonyl (C=O) groups is 2. The van der Waals surface area contributed by atoms with Crippen molar-refractivity contribution in [2.45, 2.75) is 6.92 Å². The first-order valence-electron chi connectivity index (χ1n) is 5.93. The minimum Gasteiger partial charge on any atom is -0.393 e. The summed E-state index contributed by atoms with van der Waals surface area (Å²) >= 11 is 0. The summed E-state index contributed by atoms with van der Waals surface area (Å²) in [5.74, 6) is 0.254. The van der Waals surface area contributed by atoms with E-state index in [2.05, 4.69) is 15.6 Å². The van der Waals surface area contributed by atoms with Crippen LogP contribution in [0.2, 0.25) is 0 Å². The van der Waals surface area contributed by atoms with Crippen LogP contribution >= 0.6 is 0 Å². The summed E-state index contributed by atoms with van der Waals surface area (Å²) in [4.78, 5) is 25.1. The van der Waals surface area contributed by atoms with E-state index in [9.17, 15) is 9.59 Å². The van der Waals surface area contributed by atoms with Crippen LogP contribution in [0.1, 0.15) is 6.92 Å². The van der Waals surface area contributed by atoms with E-state index in [4.69, 9.17) is 4.74 Å². The van der Waals surface area contributed by atoms with Gasteiger partial charge in [0.15, 0.2) is 0 Å². The van der Waals surface area contributed by atoms with Gasteiger partial charge in [-0.2, -0.15) is 0 Å². The van der Waals surface area contributed by atoms with Crippen LogP contribution in [0.15, 0.2) is 30.3 Å². The fraction of sp³-hybridized carbons (Fsp3) is 0.231. The van der Waals surface area contributed by atoms with Crippen LogP contribution in [-0.4, -0.2) is 30.1 Å². The maximum absolute atomic E-state index is 11.5. The molecule has 6 nitrogen and oxygen atoms in total. The molecular formula is C13H15N3O3. The summed E-state index contributed by atoms with van der Waals surface area (Å²) in [6.45, 7) is 2.11. The Morgan fingerprint density at radius 3 is 2.68 bits per heavy atom. The van der Waals surface area contributed by atoms with Gasteiger partial charge in [0.2, 0.25) is 11.8 Å². The summed E-state index contributed by atoms with van der Waals surface area (Å²) in [5, 5.41) is 6.08. The maximum atomic E-state index is 11.5. The molecule has 2 amide bonds. The second kappa shape index (κ2) is 5.90. The Hall–Kier alpha value is -2.50. The lowest BCUT2D eigenvalue weighted by atomic mass is 10.3. The van der Waals surface area contributed by atoms with Crippen LogP contribution in [0.5, 0.6) is 5.88 Å². The Bertz CT molecular complexity index is 559. The summed E-state index contributed by atoms with van der Waals surface area (Å²) in [5.41, 5.74) is 0.906. The highest BCUT2D eigenvalue weighted by molar-refractivity contribution is 5.82. The van der Waals surface area contributed by atoms with Crippen molar-refractivity contribution < 1.29 is 14.3 Å². The molecule has 2 aromatic rings. The van der Waals surface area contributed by atoms with Crippen molar-refractivity contribution >= 4 is 22.9 Å². The molecule has 19 heavy (non-hydrogen) atoms. The molecule has 0 unspecified atom stereocenters. The number of hydrogen-bond acceptors (Lipinski definition) is 3.